The summed E-state index contributed by atoms with van der Waals surface area (Å²) in [5.41, 5.74) is 8.64. The zero-order chi connectivity index (χ0) is 46.3. The van der Waals surface area contributed by atoms with Gasteiger partial charge in [-0.2, -0.15) is 13.0 Å². The van der Waals surface area contributed by atoms with Crippen molar-refractivity contribution in [3.05, 3.63) is 168 Å². The van der Waals surface area contributed by atoms with Gasteiger partial charge in [-0.1, -0.05) is 123 Å². The molecule has 1 aromatic heterocycles. The Kier molecular flexibility index (Phi) is 13.8. The number of nitrogens with one attached hydrogen (secondary N) is 1. The fourth-order valence-corrected chi connectivity index (χ4v) is 10.3. The van der Waals surface area contributed by atoms with Crippen LogP contribution in [0.2, 0.25) is 0 Å². The second-order valence-corrected chi connectivity index (χ2v) is 19.7. The van der Waals surface area contributed by atoms with Gasteiger partial charge in [-0.15, -0.1) is 20.4 Å². The fraction of sp³-hybridized carbons (Fsp3) is 0.296. The van der Waals surface area contributed by atoms with E-state index in [9.17, 15) is 17.8 Å². The molecule has 66 heavy (non-hydrogen) atoms. The van der Waals surface area contributed by atoms with Crippen molar-refractivity contribution in [2.45, 2.75) is 83.6 Å². The molecular weight excluding hydrogens is 843 g/mol. The van der Waals surface area contributed by atoms with E-state index in [4.69, 9.17) is 0 Å². The summed E-state index contributed by atoms with van der Waals surface area (Å²) in [6, 6.07) is 33.6. The van der Waals surface area contributed by atoms with Gasteiger partial charge in [0.2, 0.25) is 17.4 Å². The minimum Gasteiger partial charge on any atom is -0.352 e. The van der Waals surface area contributed by atoms with Crippen molar-refractivity contribution in [2.24, 2.45) is 0 Å². The average molecular weight is 901 g/mol. The molecule has 0 radical (unpaired) electrons. The van der Waals surface area contributed by atoms with Crippen LogP contribution in [0.1, 0.15) is 82.9 Å². The van der Waals surface area contributed by atoms with E-state index in [1.807, 2.05) is 24.3 Å². The Balaban J connectivity index is 0.935. The Morgan fingerprint density at radius 2 is 1.39 bits per heavy atom. The third-order valence-corrected chi connectivity index (χ3v) is 13.7. The Bertz CT molecular complexity index is 3010. The summed E-state index contributed by atoms with van der Waals surface area (Å²) in [6.45, 7) is 11.1. The fourth-order valence-electron chi connectivity index (χ4n) is 9.71. The summed E-state index contributed by atoms with van der Waals surface area (Å²) in [4.78, 5) is 15.1. The van der Waals surface area contributed by atoms with Gasteiger partial charge < -0.3 is 10.2 Å². The van der Waals surface area contributed by atoms with Crippen molar-refractivity contribution in [1.82, 2.24) is 25.7 Å². The van der Waals surface area contributed by atoms with Gasteiger partial charge in [0.1, 0.15) is 6.54 Å². The van der Waals surface area contributed by atoms with Gasteiger partial charge >= 0.3 is 0 Å². The second-order valence-electron chi connectivity index (χ2n) is 18.1. The van der Waals surface area contributed by atoms with Crippen LogP contribution in [0, 0.1) is 0 Å². The predicted molar refractivity (Wildman–Crippen MR) is 266 cm³/mol. The normalized spacial score (nSPS) is 16.1. The molecule has 11 nitrogen and oxygen atoms in total. The van der Waals surface area contributed by atoms with E-state index < -0.39 is 10.1 Å². The van der Waals surface area contributed by atoms with Crippen LogP contribution in [-0.4, -0.2) is 68.4 Å². The highest BCUT2D eigenvalue weighted by molar-refractivity contribution is 7.85. The molecule has 0 spiro atoms. The lowest BCUT2D eigenvalue weighted by atomic mass is 9.79. The Morgan fingerprint density at radius 1 is 0.727 bits per heavy atom. The summed E-state index contributed by atoms with van der Waals surface area (Å²) in [7, 11) is -4.01. The van der Waals surface area contributed by atoms with E-state index in [0.717, 1.165) is 48.3 Å². The summed E-state index contributed by atoms with van der Waals surface area (Å²) in [6.07, 6.45) is 20.3. The number of aromatic nitrogens is 4. The number of rotatable bonds is 18. The molecule has 0 aliphatic carbocycles. The molecule has 8 rings (SSSR count). The molecule has 1 amide bonds. The lowest BCUT2D eigenvalue weighted by Gasteiger charge is -2.27. The Labute approximate surface area is 388 Å². The number of hydrogen-bond acceptors (Lipinski definition) is 8. The van der Waals surface area contributed by atoms with Crippen molar-refractivity contribution in [1.29, 1.82) is 0 Å². The van der Waals surface area contributed by atoms with Gasteiger partial charge in [-0.25, -0.2) is 0 Å². The Morgan fingerprint density at radius 3 is 2.12 bits per heavy atom. The van der Waals surface area contributed by atoms with Crippen molar-refractivity contribution in [2.75, 3.05) is 23.7 Å². The number of carbonyl (C=O) groups excluding carboxylic acids is 1. The summed E-state index contributed by atoms with van der Waals surface area (Å²) >= 11 is 0. The average Bonchev–Trinajstić information content (AvgIpc) is 3.67. The van der Waals surface area contributed by atoms with E-state index >= 15 is 0 Å². The number of allylic oxidation sites excluding steroid dienone is 8. The third-order valence-electron chi connectivity index (χ3n) is 12.9. The molecule has 2 N–H and O–H groups in total. The number of carbonyl (C=O) groups is 1. The number of nitrogens with zero attached hydrogens (tertiary/aromatic N) is 6. The van der Waals surface area contributed by atoms with Crippen LogP contribution < -0.4 is 10.2 Å². The smallest absolute Gasteiger partial charge is 0.264 e. The maximum atomic E-state index is 12.8. The van der Waals surface area contributed by atoms with Gasteiger partial charge in [-0.3, -0.25) is 9.35 Å². The van der Waals surface area contributed by atoms with Crippen LogP contribution in [-0.2, 0) is 32.3 Å². The molecule has 12 heteroatoms. The molecule has 6 aromatic rings. The van der Waals surface area contributed by atoms with E-state index in [1.165, 1.54) is 50.4 Å². The third kappa shape index (κ3) is 10.1. The minimum atomic E-state index is -4.01. The summed E-state index contributed by atoms with van der Waals surface area (Å²) < 4.78 is 34.7. The number of benzene rings is 5. The number of amides is 1. The van der Waals surface area contributed by atoms with Crippen molar-refractivity contribution >= 4 is 54.7 Å². The first kappa shape index (κ1) is 45.9. The molecule has 0 bridgehead atoms. The first-order chi connectivity index (χ1) is 31.8. The standard InChI is InChI=1S/C54H57N7O4S/c1-53(2)47(23-9-6-5-7-10-24-48-54(3,4)51-44-22-15-13-20-41(44)31-33-46(51)61(48)35-17-18-36-66(63,64)65)60(45-32-30-40-19-12-14-21-43(40)50(45)53)34-16-8-11-25-49(62)55-37-39-26-28-42(29-27-39)52-58-56-38-57-59-52/h5-7,9-10,12-15,19-24,26-33,38H,8,11,16-18,25,34-37H2,1-4H3,(H-,55,62,63,64,65)/p+1. The highest BCUT2D eigenvalue weighted by atomic mass is 32.2. The van der Waals surface area contributed by atoms with Crippen LogP contribution >= 0.6 is 0 Å². The molecule has 2 aliphatic rings. The summed E-state index contributed by atoms with van der Waals surface area (Å²) in [5, 5.41) is 23.5. The van der Waals surface area contributed by atoms with Crippen LogP contribution in [0.5, 0.6) is 0 Å². The molecule has 3 heterocycles. The second kappa shape index (κ2) is 19.9. The molecule has 2 aliphatic heterocycles. The zero-order valence-electron chi connectivity index (χ0n) is 38.2. The molecule has 0 saturated carbocycles. The minimum absolute atomic E-state index is 0.0435. The quantitative estimate of drug-likeness (QED) is 0.0373. The van der Waals surface area contributed by atoms with Crippen LogP contribution in [0.25, 0.3) is 32.9 Å². The monoisotopic (exact) mass is 900 g/mol. The number of hydrogen-bond donors (Lipinski definition) is 2. The highest BCUT2D eigenvalue weighted by Gasteiger charge is 2.45. The van der Waals surface area contributed by atoms with Gasteiger partial charge in [0.05, 0.1) is 11.2 Å². The zero-order valence-corrected chi connectivity index (χ0v) is 39.0. The maximum Gasteiger partial charge on any atom is 0.264 e. The van der Waals surface area contributed by atoms with Crippen molar-refractivity contribution in [3.63, 3.8) is 0 Å². The maximum absolute atomic E-state index is 12.8. The number of unbranched alkanes of at least 4 members (excludes halogenated alkanes) is 3. The molecule has 0 unspecified atom stereocenters. The largest absolute Gasteiger partial charge is 0.352 e. The lowest BCUT2D eigenvalue weighted by molar-refractivity contribution is -0.438. The molecule has 0 saturated heterocycles. The first-order valence-electron chi connectivity index (χ1n) is 22.8. The van der Waals surface area contributed by atoms with Crippen LogP contribution in [0.15, 0.2) is 152 Å². The van der Waals surface area contributed by atoms with E-state index in [2.05, 4.69) is 178 Å². The predicted octanol–water partition coefficient (Wildman–Crippen LogP) is 10.5. The number of fused-ring (bicyclic) bond motifs is 6. The number of anilines is 1. The first-order valence-corrected chi connectivity index (χ1v) is 24.4. The van der Waals surface area contributed by atoms with Gasteiger partial charge in [0.15, 0.2) is 12.0 Å². The van der Waals surface area contributed by atoms with E-state index in [-0.39, 0.29) is 22.5 Å². The topological polar surface area (TPSA) is 141 Å². The van der Waals surface area contributed by atoms with E-state index in [1.54, 1.807) is 0 Å². The van der Waals surface area contributed by atoms with Gasteiger partial charge in [0, 0.05) is 66.0 Å². The lowest BCUT2D eigenvalue weighted by Crippen LogP contribution is -2.28. The summed E-state index contributed by atoms with van der Waals surface area (Å²) in [5.74, 6) is 0.262. The van der Waals surface area contributed by atoms with Gasteiger partial charge in [-0.05, 0) is 90.4 Å². The van der Waals surface area contributed by atoms with Gasteiger partial charge in [0.25, 0.3) is 10.1 Å². The molecule has 5 aromatic carbocycles. The van der Waals surface area contributed by atoms with Crippen molar-refractivity contribution in [3.8, 4) is 11.4 Å². The van der Waals surface area contributed by atoms with E-state index in [0.29, 0.717) is 38.2 Å². The van der Waals surface area contributed by atoms with Crippen LogP contribution in [0.4, 0.5) is 11.4 Å². The molecular formula is C54H58N7O4S+. The molecule has 338 valence electrons. The molecule has 0 fully saturated rings. The SMILES string of the molecule is CC1(C)C(=CC=CC=CC=CC2=[N+](CCCCCC(=O)NCc3ccc(-c4nncnn4)cc3)c3ccc4ccccc4c3C2(C)C)N(CCCCS(=O)(=O)O)c2ccc3ccccc3c21. The molecule has 0 atom stereocenters. The van der Waals surface area contributed by atoms with Crippen LogP contribution in [0.3, 0.4) is 0 Å². The highest BCUT2D eigenvalue weighted by Crippen LogP contribution is 2.51. The Hall–Kier alpha value is -6.63. The van der Waals surface area contributed by atoms with Crippen molar-refractivity contribution < 1.29 is 22.3 Å².